The van der Waals surface area contributed by atoms with Gasteiger partial charge in [0.2, 0.25) is 5.91 Å². The van der Waals surface area contributed by atoms with Crippen LogP contribution in [-0.2, 0) is 4.79 Å². The summed E-state index contributed by atoms with van der Waals surface area (Å²) in [6.07, 6.45) is 6.85. The lowest BCUT2D eigenvalue weighted by molar-refractivity contribution is -0.118. The van der Waals surface area contributed by atoms with Crippen molar-refractivity contribution in [3.8, 4) is 6.07 Å². The molecule has 6 heteroatoms. The minimum atomic E-state index is -0.297. The Morgan fingerprint density at radius 2 is 1.93 bits per heavy atom. The summed E-state index contributed by atoms with van der Waals surface area (Å²) in [5, 5.41) is 10.3. The molecule has 1 saturated carbocycles. The van der Waals surface area contributed by atoms with Crippen LogP contribution in [0, 0.1) is 36.0 Å². The van der Waals surface area contributed by atoms with Gasteiger partial charge in [0, 0.05) is 49.2 Å². The van der Waals surface area contributed by atoms with Crippen LogP contribution in [0.2, 0.25) is 5.02 Å². The Labute approximate surface area is 186 Å². The maximum Gasteiger partial charge on any atom is 0.217 e. The summed E-state index contributed by atoms with van der Waals surface area (Å²) in [5.74, 6) is 0.899. The third kappa shape index (κ3) is 6.12. The Morgan fingerprint density at radius 1 is 1.23 bits per heavy atom. The van der Waals surface area contributed by atoms with Crippen LogP contribution in [-0.4, -0.2) is 43.5 Å². The molecule has 1 unspecified atom stereocenters. The van der Waals surface area contributed by atoms with Gasteiger partial charge in [-0.2, -0.15) is 5.26 Å². The fraction of sp³-hybridized carbons (Fsp3) is 0.667. The van der Waals surface area contributed by atoms with Gasteiger partial charge in [0.05, 0.1) is 6.07 Å². The van der Waals surface area contributed by atoms with E-state index in [0.29, 0.717) is 18.8 Å². The molecule has 5 nitrogen and oxygen atoms in total. The maximum atomic E-state index is 11.0. The van der Waals surface area contributed by atoms with Gasteiger partial charge in [-0.05, 0) is 68.7 Å². The van der Waals surface area contributed by atoms with Crippen molar-refractivity contribution >= 4 is 23.2 Å². The average Bonchev–Trinajstić information content (AvgIpc) is 2.76. The number of piperazine rings is 1. The molecule has 2 aliphatic rings. The second-order valence-corrected chi connectivity index (χ2v) is 9.43. The van der Waals surface area contributed by atoms with E-state index in [2.05, 4.69) is 28.9 Å². The summed E-state index contributed by atoms with van der Waals surface area (Å²) in [5.41, 5.74) is 7.70. The predicted molar refractivity (Wildman–Crippen MR) is 122 cm³/mol. The number of hydrogen-bond acceptors (Lipinski definition) is 4. The Kier molecular flexibility index (Phi) is 8.41. The van der Waals surface area contributed by atoms with Gasteiger partial charge in [-0.1, -0.05) is 30.5 Å². The van der Waals surface area contributed by atoms with Crippen LogP contribution in [0.1, 0.15) is 50.5 Å². The van der Waals surface area contributed by atoms with Crippen LogP contribution in [0.3, 0.4) is 0 Å². The second-order valence-electron chi connectivity index (χ2n) is 9.02. The zero-order valence-corrected chi connectivity index (χ0v) is 18.9. The second kappa shape index (κ2) is 11.0. The molecule has 2 N–H and O–H groups in total. The van der Waals surface area contributed by atoms with Gasteiger partial charge in [0.15, 0.2) is 0 Å². The first-order valence-electron chi connectivity index (χ1n) is 11.4. The van der Waals surface area contributed by atoms with Crippen LogP contribution in [0.25, 0.3) is 0 Å². The highest BCUT2D eigenvalue weighted by Gasteiger charge is 2.28. The zero-order chi connectivity index (χ0) is 21.5. The lowest BCUT2D eigenvalue weighted by atomic mass is 9.74. The number of rotatable bonds is 8. The van der Waals surface area contributed by atoms with E-state index in [1.54, 1.807) is 0 Å². The van der Waals surface area contributed by atoms with Crippen LogP contribution in [0.4, 0.5) is 5.69 Å². The largest absolute Gasteiger partial charge is 0.370 e. The quantitative estimate of drug-likeness (QED) is 0.664. The normalized spacial score (nSPS) is 23.7. The molecular weight excluding hydrogens is 396 g/mol. The molecule has 1 aliphatic carbocycles. The van der Waals surface area contributed by atoms with E-state index >= 15 is 0 Å². The molecule has 164 valence electrons. The van der Waals surface area contributed by atoms with E-state index in [-0.39, 0.29) is 11.8 Å². The van der Waals surface area contributed by atoms with Crippen molar-refractivity contribution in [2.45, 2.75) is 51.9 Å². The van der Waals surface area contributed by atoms with Crippen LogP contribution in [0.15, 0.2) is 18.2 Å². The molecule has 1 aliphatic heterocycles. The Morgan fingerprint density at radius 3 is 2.57 bits per heavy atom. The number of carbonyl (C=O) groups excluding carboxylic acids is 1. The monoisotopic (exact) mass is 430 g/mol. The Balaban J connectivity index is 1.37. The molecule has 3 rings (SSSR count). The molecule has 0 radical (unpaired) electrons. The lowest BCUT2D eigenvalue weighted by Crippen LogP contribution is -2.47. The fourth-order valence-corrected chi connectivity index (χ4v) is 5.27. The first-order valence-corrected chi connectivity index (χ1v) is 11.8. The fourth-order valence-electron chi connectivity index (χ4n) is 5.10. The molecule has 1 atom stereocenters. The molecule has 2 fully saturated rings. The summed E-state index contributed by atoms with van der Waals surface area (Å²) in [4.78, 5) is 16.1. The molecular formula is C24H35ClN4O. The summed E-state index contributed by atoms with van der Waals surface area (Å²) < 4.78 is 0. The van der Waals surface area contributed by atoms with Gasteiger partial charge in [-0.25, -0.2) is 0 Å². The van der Waals surface area contributed by atoms with Crippen LogP contribution >= 0.6 is 11.6 Å². The summed E-state index contributed by atoms with van der Waals surface area (Å²) in [6, 6.07) is 8.60. The average molecular weight is 431 g/mol. The number of carbonyl (C=O) groups is 1. The number of anilines is 1. The third-order valence-corrected chi connectivity index (χ3v) is 7.54. The molecule has 1 aromatic rings. The topological polar surface area (TPSA) is 73.4 Å². The van der Waals surface area contributed by atoms with Crippen molar-refractivity contribution in [1.29, 1.82) is 5.26 Å². The molecule has 0 bridgehead atoms. The standard InChI is InChI=1S/C24H35ClN4O/c1-18-22(25)3-2-4-23(18)29-15-13-28(14-16-29)12-11-19-5-7-20(8-6-19)21(17-26)9-10-24(27)30/h2-4,19-21H,5-16H2,1H3,(H2,27,30). The number of benzene rings is 1. The summed E-state index contributed by atoms with van der Waals surface area (Å²) in [7, 11) is 0. The number of halogens is 1. The highest BCUT2D eigenvalue weighted by Crippen LogP contribution is 2.36. The van der Waals surface area contributed by atoms with Gasteiger partial charge >= 0.3 is 0 Å². The van der Waals surface area contributed by atoms with Crippen molar-refractivity contribution in [3.63, 3.8) is 0 Å². The lowest BCUT2D eigenvalue weighted by Gasteiger charge is -2.38. The molecule has 0 spiro atoms. The molecule has 30 heavy (non-hydrogen) atoms. The number of nitriles is 1. The molecule has 0 aromatic heterocycles. The highest BCUT2D eigenvalue weighted by atomic mass is 35.5. The number of nitrogens with zero attached hydrogens (tertiary/aromatic N) is 3. The smallest absolute Gasteiger partial charge is 0.217 e. The van der Waals surface area contributed by atoms with Crippen molar-refractivity contribution in [1.82, 2.24) is 4.90 Å². The minimum absolute atomic E-state index is 0.0125. The zero-order valence-electron chi connectivity index (χ0n) is 18.2. The molecule has 1 heterocycles. The van der Waals surface area contributed by atoms with Gasteiger partial charge in [-0.3, -0.25) is 9.69 Å². The van der Waals surface area contributed by atoms with E-state index in [1.165, 1.54) is 37.1 Å². The number of hydrogen-bond donors (Lipinski definition) is 1. The molecule has 1 saturated heterocycles. The third-order valence-electron chi connectivity index (χ3n) is 7.13. The van der Waals surface area contributed by atoms with E-state index in [9.17, 15) is 10.1 Å². The van der Waals surface area contributed by atoms with Crippen molar-refractivity contribution in [2.24, 2.45) is 23.5 Å². The van der Waals surface area contributed by atoms with Crippen LogP contribution < -0.4 is 10.6 Å². The van der Waals surface area contributed by atoms with E-state index < -0.39 is 0 Å². The van der Waals surface area contributed by atoms with Gasteiger partial charge in [0.1, 0.15) is 0 Å². The van der Waals surface area contributed by atoms with E-state index in [1.807, 2.05) is 12.1 Å². The molecule has 1 amide bonds. The van der Waals surface area contributed by atoms with Gasteiger partial charge in [0.25, 0.3) is 0 Å². The van der Waals surface area contributed by atoms with Gasteiger partial charge in [-0.15, -0.1) is 0 Å². The van der Waals surface area contributed by atoms with Crippen molar-refractivity contribution in [3.05, 3.63) is 28.8 Å². The van der Waals surface area contributed by atoms with Gasteiger partial charge < -0.3 is 10.6 Å². The van der Waals surface area contributed by atoms with Crippen LogP contribution in [0.5, 0.6) is 0 Å². The molecule has 1 aromatic carbocycles. The highest BCUT2D eigenvalue weighted by molar-refractivity contribution is 6.31. The van der Waals surface area contributed by atoms with Crippen molar-refractivity contribution < 1.29 is 4.79 Å². The maximum absolute atomic E-state index is 11.0. The predicted octanol–water partition coefficient (Wildman–Crippen LogP) is 4.37. The first-order chi connectivity index (χ1) is 14.5. The summed E-state index contributed by atoms with van der Waals surface area (Å²) >= 11 is 6.29. The van der Waals surface area contributed by atoms with E-state index in [4.69, 9.17) is 17.3 Å². The van der Waals surface area contributed by atoms with E-state index in [0.717, 1.165) is 50.0 Å². The minimum Gasteiger partial charge on any atom is -0.370 e. The number of amides is 1. The van der Waals surface area contributed by atoms with Crippen molar-refractivity contribution in [2.75, 3.05) is 37.6 Å². The summed E-state index contributed by atoms with van der Waals surface area (Å²) in [6.45, 7) is 7.58. The Bertz CT molecular complexity index is 746. The number of nitrogens with two attached hydrogens (primary N) is 1. The SMILES string of the molecule is Cc1c(Cl)cccc1N1CCN(CCC2CCC(C(C#N)CCC(N)=O)CC2)CC1. The Hall–Kier alpha value is -1.77. The number of primary amides is 1. The first kappa shape index (κ1) is 22.9.